The van der Waals surface area contributed by atoms with Crippen LogP contribution in [0.2, 0.25) is 0 Å². The number of rotatable bonds is 2. The molecule has 0 aromatic rings. The van der Waals surface area contributed by atoms with Gasteiger partial charge in [-0.2, -0.15) is 6.42 Å². The van der Waals surface area contributed by atoms with Gasteiger partial charge in [0.1, 0.15) is 0 Å². The van der Waals surface area contributed by atoms with Crippen molar-refractivity contribution < 1.29 is 19.5 Å². The van der Waals surface area contributed by atoms with Gasteiger partial charge < -0.3 is 6.92 Å². The Morgan fingerprint density at radius 1 is 1.50 bits per heavy atom. The van der Waals surface area contributed by atoms with Crippen molar-refractivity contribution in [3.63, 3.8) is 0 Å². The van der Waals surface area contributed by atoms with Crippen LogP contribution in [0.4, 0.5) is 0 Å². The van der Waals surface area contributed by atoms with Crippen LogP contribution in [0.25, 0.3) is 0 Å². The van der Waals surface area contributed by atoms with Crippen molar-refractivity contribution in [1.29, 1.82) is 0 Å². The minimum atomic E-state index is 0. The third kappa shape index (κ3) is 10.0. The Morgan fingerprint density at radius 2 is 1.88 bits per heavy atom. The third-order valence-electron chi connectivity index (χ3n) is 1.19. The number of hydrogen-bond acceptors (Lipinski definition) is 0. The Morgan fingerprint density at radius 3 is 1.88 bits per heavy atom. The Kier molecular flexibility index (Phi) is 21.6. The summed E-state index contributed by atoms with van der Waals surface area (Å²) in [7, 11) is 0. The summed E-state index contributed by atoms with van der Waals surface area (Å²) in [5, 5.41) is 0. The van der Waals surface area contributed by atoms with Gasteiger partial charge in [0.15, 0.2) is 0 Å². The summed E-state index contributed by atoms with van der Waals surface area (Å²) in [6.07, 6.45) is 2.35. The first kappa shape index (κ1) is 16.0. The maximum absolute atomic E-state index is 3.76. The van der Waals surface area contributed by atoms with Gasteiger partial charge in [-0.05, 0) is 0 Å². The van der Waals surface area contributed by atoms with E-state index in [4.69, 9.17) is 0 Å². The van der Waals surface area contributed by atoms with E-state index in [9.17, 15) is 0 Å². The molecule has 2 heteroatoms. The van der Waals surface area contributed by atoms with Crippen LogP contribution in [-0.4, -0.2) is 0 Å². The molecule has 0 rings (SSSR count). The van der Waals surface area contributed by atoms with Crippen molar-refractivity contribution in [3.8, 4) is 0 Å². The Balaban J connectivity index is -0.000000125. The molecule has 0 saturated heterocycles. The van der Waals surface area contributed by atoms with Crippen molar-refractivity contribution in [2.75, 3.05) is 0 Å². The molecule has 0 aliphatic rings. The van der Waals surface area contributed by atoms with Crippen LogP contribution >= 0.6 is 12.4 Å². The van der Waals surface area contributed by atoms with E-state index in [1.807, 2.05) is 0 Å². The summed E-state index contributed by atoms with van der Waals surface area (Å²) in [6.45, 7) is 8.16. The molecule has 0 fully saturated rings. The van der Waals surface area contributed by atoms with Gasteiger partial charge in [-0.25, -0.2) is 0 Å². The van der Waals surface area contributed by atoms with Gasteiger partial charge >= 0.3 is 0 Å². The molecule has 48 valence electrons. The molecule has 0 spiro atoms. The van der Waals surface area contributed by atoms with Gasteiger partial charge in [0.2, 0.25) is 0 Å². The second-order valence-electron chi connectivity index (χ2n) is 1.80. The van der Waals surface area contributed by atoms with Gasteiger partial charge in [0.05, 0.1) is 0 Å². The molecule has 1 unspecified atom stereocenters. The fraction of sp³-hybridized carbons (Fsp3) is 0.833. The first-order valence-electron chi connectivity index (χ1n) is 2.60. The molecule has 0 saturated carbocycles. The van der Waals surface area contributed by atoms with Crippen molar-refractivity contribution in [2.45, 2.75) is 26.7 Å². The molecule has 0 bridgehead atoms. The van der Waals surface area contributed by atoms with E-state index in [1.54, 1.807) is 0 Å². The first-order chi connectivity index (χ1) is 2.81. The van der Waals surface area contributed by atoms with E-state index in [0.717, 1.165) is 12.3 Å². The van der Waals surface area contributed by atoms with Crippen molar-refractivity contribution >= 4 is 12.4 Å². The molecular weight excluding hydrogens is 173 g/mol. The molecule has 1 atom stereocenters. The van der Waals surface area contributed by atoms with E-state index < -0.39 is 0 Å². The number of halogens is 1. The summed E-state index contributed by atoms with van der Waals surface area (Å²) in [4.78, 5) is 0. The predicted octanol–water partition coefficient (Wildman–Crippen LogP) is 2.68. The average Bonchev–Trinajstić information content (AvgIpc) is 1.65. The monoisotopic (exact) mass is 185 g/mol. The smallest absolute Gasteiger partial charge is 0 e. The molecule has 0 nitrogen and oxygen atoms in total. The van der Waals surface area contributed by atoms with Gasteiger partial charge in [-0.15, -0.1) is 12.4 Å². The molecule has 0 aromatic heterocycles. The van der Waals surface area contributed by atoms with Crippen molar-refractivity contribution in [2.24, 2.45) is 5.92 Å². The minimum absolute atomic E-state index is 0. The summed E-state index contributed by atoms with van der Waals surface area (Å²) in [5.41, 5.74) is 0. The SMILES string of the molecule is Cl.[CH2-]CC(C)CC.[Zn]. The topological polar surface area (TPSA) is 0 Å². The van der Waals surface area contributed by atoms with E-state index in [1.165, 1.54) is 6.42 Å². The van der Waals surface area contributed by atoms with Crippen LogP contribution in [0.3, 0.4) is 0 Å². The van der Waals surface area contributed by atoms with Gasteiger partial charge in [-0.1, -0.05) is 26.2 Å². The Hall–Kier alpha value is 0.913. The molecule has 0 heterocycles. The van der Waals surface area contributed by atoms with E-state index in [-0.39, 0.29) is 31.9 Å². The molecule has 0 aliphatic carbocycles. The molecule has 0 N–H and O–H groups in total. The third-order valence-corrected chi connectivity index (χ3v) is 1.19. The van der Waals surface area contributed by atoms with Crippen LogP contribution in [0.5, 0.6) is 0 Å². The van der Waals surface area contributed by atoms with Crippen LogP contribution in [0, 0.1) is 12.8 Å². The first-order valence-corrected chi connectivity index (χ1v) is 2.60. The molecule has 0 radical (unpaired) electrons. The standard InChI is InChI=1S/C6H13.ClH.Zn/c1-4-6(3)5-2;;/h6H,1,4-5H2,2-3H3;1H;/q-1;;. The zero-order chi connectivity index (χ0) is 4.99. The van der Waals surface area contributed by atoms with E-state index in [2.05, 4.69) is 20.8 Å². The second kappa shape index (κ2) is 10.8. The van der Waals surface area contributed by atoms with Crippen LogP contribution in [-0.2, 0) is 19.5 Å². The molecule has 0 aromatic carbocycles. The van der Waals surface area contributed by atoms with E-state index in [0.29, 0.717) is 0 Å². The van der Waals surface area contributed by atoms with Gasteiger partial charge in [-0.3, -0.25) is 0 Å². The van der Waals surface area contributed by atoms with Gasteiger partial charge in [0.25, 0.3) is 0 Å². The van der Waals surface area contributed by atoms with Crippen LogP contribution in [0.15, 0.2) is 0 Å². The zero-order valence-electron chi connectivity index (χ0n) is 5.81. The van der Waals surface area contributed by atoms with Crippen LogP contribution in [0.1, 0.15) is 26.7 Å². The minimum Gasteiger partial charge on any atom is -0.343 e. The average molecular weight is 187 g/mol. The second-order valence-corrected chi connectivity index (χ2v) is 1.80. The van der Waals surface area contributed by atoms with Crippen LogP contribution < -0.4 is 0 Å². The van der Waals surface area contributed by atoms with Crippen molar-refractivity contribution in [3.05, 3.63) is 6.92 Å². The molecule has 0 amide bonds. The summed E-state index contributed by atoms with van der Waals surface area (Å²) >= 11 is 0. The Bertz CT molecular complexity index is 27.7. The predicted molar refractivity (Wildman–Crippen MR) is 36.7 cm³/mol. The zero-order valence-corrected chi connectivity index (χ0v) is 9.60. The Labute approximate surface area is 71.6 Å². The number of hydrogen-bond donors (Lipinski definition) is 0. The van der Waals surface area contributed by atoms with E-state index >= 15 is 0 Å². The molecule has 0 aliphatic heterocycles. The summed E-state index contributed by atoms with van der Waals surface area (Å²) < 4.78 is 0. The maximum atomic E-state index is 3.76. The summed E-state index contributed by atoms with van der Waals surface area (Å²) in [6, 6.07) is 0. The quantitative estimate of drug-likeness (QED) is 0.460. The summed E-state index contributed by atoms with van der Waals surface area (Å²) in [5.74, 6) is 0.824. The fourth-order valence-corrected chi connectivity index (χ4v) is 0.204. The normalized spacial score (nSPS) is 10.9. The van der Waals surface area contributed by atoms with Gasteiger partial charge in [0, 0.05) is 19.5 Å². The molecular formula is C6H14ClZn-. The van der Waals surface area contributed by atoms with Crippen molar-refractivity contribution in [1.82, 2.24) is 0 Å². The largest absolute Gasteiger partial charge is 0.343 e. The maximum Gasteiger partial charge on any atom is 0 e. The molecule has 8 heavy (non-hydrogen) atoms. The fourth-order valence-electron chi connectivity index (χ4n) is 0.204.